The lowest BCUT2D eigenvalue weighted by molar-refractivity contribution is 0.278. The molecule has 1 unspecified atom stereocenters. The fourth-order valence-electron chi connectivity index (χ4n) is 1.64. The zero-order chi connectivity index (χ0) is 11.4. The molecule has 16 heavy (non-hydrogen) atoms. The maximum absolute atomic E-state index is 8.91. The highest BCUT2D eigenvalue weighted by molar-refractivity contribution is 5.45. The molecular formula is C11H16N4O. The van der Waals surface area contributed by atoms with E-state index in [1.54, 1.807) is 10.7 Å². The average molecular weight is 220 g/mol. The minimum atomic E-state index is 0.195. The lowest BCUT2D eigenvalue weighted by Crippen LogP contribution is -2.20. The Hall–Kier alpha value is -1.62. The molecule has 86 valence electrons. The van der Waals surface area contributed by atoms with Crippen LogP contribution in [0.3, 0.4) is 0 Å². The quantitative estimate of drug-likeness (QED) is 0.797. The first kappa shape index (κ1) is 10.9. The highest BCUT2D eigenvalue weighted by Crippen LogP contribution is 2.10. The first-order valence-corrected chi connectivity index (χ1v) is 5.51. The summed E-state index contributed by atoms with van der Waals surface area (Å²) >= 11 is 0. The Morgan fingerprint density at radius 2 is 2.38 bits per heavy atom. The van der Waals surface area contributed by atoms with Gasteiger partial charge in [0.1, 0.15) is 5.82 Å². The van der Waals surface area contributed by atoms with E-state index in [0.29, 0.717) is 0 Å². The van der Waals surface area contributed by atoms with Gasteiger partial charge in [-0.2, -0.15) is 5.10 Å². The molecule has 2 aromatic heterocycles. The molecule has 0 aliphatic rings. The third-order valence-corrected chi connectivity index (χ3v) is 2.58. The molecule has 0 aromatic carbocycles. The van der Waals surface area contributed by atoms with Gasteiger partial charge in [0.2, 0.25) is 0 Å². The van der Waals surface area contributed by atoms with Gasteiger partial charge in [0.25, 0.3) is 0 Å². The fraction of sp³-hybridized carbons (Fsp3) is 0.455. The molecule has 2 aromatic rings. The van der Waals surface area contributed by atoms with Crippen LogP contribution in [0.2, 0.25) is 0 Å². The largest absolute Gasteiger partial charge is 0.396 e. The van der Waals surface area contributed by atoms with Gasteiger partial charge in [-0.1, -0.05) is 6.92 Å². The van der Waals surface area contributed by atoms with Crippen molar-refractivity contribution in [3.63, 3.8) is 0 Å². The van der Waals surface area contributed by atoms with Crippen LogP contribution in [0.4, 0.5) is 5.82 Å². The van der Waals surface area contributed by atoms with E-state index >= 15 is 0 Å². The Morgan fingerprint density at radius 3 is 3.12 bits per heavy atom. The van der Waals surface area contributed by atoms with Crippen molar-refractivity contribution in [1.82, 2.24) is 14.6 Å². The van der Waals surface area contributed by atoms with E-state index in [1.165, 1.54) is 0 Å². The summed E-state index contributed by atoms with van der Waals surface area (Å²) in [4.78, 5) is 4.41. The summed E-state index contributed by atoms with van der Waals surface area (Å²) in [5, 5.41) is 16.3. The van der Waals surface area contributed by atoms with E-state index in [4.69, 9.17) is 5.11 Å². The van der Waals surface area contributed by atoms with E-state index < -0.39 is 0 Å². The summed E-state index contributed by atoms with van der Waals surface area (Å²) in [6.45, 7) is 2.28. The molecule has 0 saturated carbocycles. The molecule has 5 heteroatoms. The number of rotatable bonds is 5. The number of aliphatic hydroxyl groups is 1. The van der Waals surface area contributed by atoms with Crippen molar-refractivity contribution in [1.29, 1.82) is 0 Å². The highest BCUT2D eigenvalue weighted by atomic mass is 16.3. The van der Waals surface area contributed by atoms with Gasteiger partial charge in [0, 0.05) is 24.9 Å². The first-order chi connectivity index (χ1) is 7.83. The van der Waals surface area contributed by atoms with Crippen LogP contribution in [0.5, 0.6) is 0 Å². The Balaban J connectivity index is 2.13. The van der Waals surface area contributed by atoms with Crippen LogP contribution in [0.25, 0.3) is 5.65 Å². The average Bonchev–Trinajstić information content (AvgIpc) is 2.75. The van der Waals surface area contributed by atoms with Crippen LogP contribution in [0.1, 0.15) is 19.8 Å². The zero-order valence-electron chi connectivity index (χ0n) is 9.30. The smallest absolute Gasteiger partial charge is 0.157 e. The number of nitrogens with one attached hydrogen (secondary N) is 1. The predicted octanol–water partition coefficient (Wildman–Crippen LogP) is 1.30. The zero-order valence-corrected chi connectivity index (χ0v) is 9.30. The monoisotopic (exact) mass is 220 g/mol. The first-order valence-electron chi connectivity index (χ1n) is 5.51. The molecule has 2 N–H and O–H groups in total. The summed E-state index contributed by atoms with van der Waals surface area (Å²) in [7, 11) is 0. The molecule has 0 saturated heterocycles. The van der Waals surface area contributed by atoms with Crippen molar-refractivity contribution in [3.8, 4) is 0 Å². The summed E-state index contributed by atoms with van der Waals surface area (Å²) in [5.41, 5.74) is 0.823. The standard InChI is InChI=1S/C11H16N4O/c1-2-9(5-8-16)13-10-4-7-15-11(14-10)3-6-12-15/h3-4,6-7,9,16H,2,5,8H2,1H3,(H,13,14). The number of hydrogen-bond acceptors (Lipinski definition) is 4. The number of aliphatic hydroxyl groups excluding tert-OH is 1. The minimum Gasteiger partial charge on any atom is -0.396 e. The lowest BCUT2D eigenvalue weighted by Gasteiger charge is -2.16. The molecular weight excluding hydrogens is 204 g/mol. The van der Waals surface area contributed by atoms with Gasteiger partial charge in [-0.15, -0.1) is 0 Å². The van der Waals surface area contributed by atoms with Crippen molar-refractivity contribution in [3.05, 3.63) is 24.5 Å². The minimum absolute atomic E-state index is 0.195. The molecule has 0 aliphatic heterocycles. The number of fused-ring (bicyclic) bond motifs is 1. The topological polar surface area (TPSA) is 62.5 Å². The second kappa shape index (κ2) is 4.94. The van der Waals surface area contributed by atoms with Crippen LogP contribution in [0, 0.1) is 0 Å². The molecule has 0 radical (unpaired) electrons. The van der Waals surface area contributed by atoms with Crippen molar-refractivity contribution in [2.24, 2.45) is 0 Å². The maximum Gasteiger partial charge on any atom is 0.157 e. The molecule has 0 fully saturated rings. The number of hydrogen-bond donors (Lipinski definition) is 2. The Bertz CT molecular complexity index is 454. The van der Waals surface area contributed by atoms with Crippen molar-refractivity contribution < 1.29 is 5.11 Å². The number of aromatic nitrogens is 3. The maximum atomic E-state index is 8.91. The van der Waals surface area contributed by atoms with Crippen molar-refractivity contribution >= 4 is 11.5 Å². The van der Waals surface area contributed by atoms with Gasteiger partial charge in [-0.3, -0.25) is 0 Å². The van der Waals surface area contributed by atoms with Gasteiger partial charge < -0.3 is 10.4 Å². The van der Waals surface area contributed by atoms with Crippen molar-refractivity contribution in [2.45, 2.75) is 25.8 Å². The number of nitrogens with zero attached hydrogens (tertiary/aromatic N) is 3. The molecule has 0 amide bonds. The van der Waals surface area contributed by atoms with Gasteiger partial charge in [0.05, 0.1) is 6.20 Å². The lowest BCUT2D eigenvalue weighted by atomic mass is 10.1. The Labute approximate surface area is 94.1 Å². The summed E-state index contributed by atoms with van der Waals surface area (Å²) in [6.07, 6.45) is 5.29. The summed E-state index contributed by atoms with van der Waals surface area (Å²) in [5.74, 6) is 0.827. The normalized spacial score (nSPS) is 12.9. The van der Waals surface area contributed by atoms with Crippen LogP contribution in [-0.2, 0) is 0 Å². The molecule has 2 heterocycles. The number of anilines is 1. The molecule has 0 aliphatic carbocycles. The molecule has 2 rings (SSSR count). The van der Waals surface area contributed by atoms with Crippen LogP contribution in [-0.4, -0.2) is 32.4 Å². The van der Waals surface area contributed by atoms with Gasteiger partial charge in [0.15, 0.2) is 5.65 Å². The van der Waals surface area contributed by atoms with E-state index in [0.717, 1.165) is 24.3 Å². The van der Waals surface area contributed by atoms with Gasteiger partial charge in [-0.05, 0) is 18.9 Å². The predicted molar refractivity (Wildman–Crippen MR) is 62.4 cm³/mol. The molecule has 5 nitrogen and oxygen atoms in total. The van der Waals surface area contributed by atoms with Crippen LogP contribution < -0.4 is 5.32 Å². The summed E-state index contributed by atoms with van der Waals surface area (Å²) in [6, 6.07) is 4.01. The second-order valence-corrected chi connectivity index (χ2v) is 3.71. The molecule has 1 atom stereocenters. The van der Waals surface area contributed by atoms with Gasteiger partial charge >= 0.3 is 0 Å². The Kier molecular flexibility index (Phi) is 3.36. The van der Waals surface area contributed by atoms with Crippen LogP contribution >= 0.6 is 0 Å². The van der Waals surface area contributed by atoms with Crippen molar-refractivity contribution in [2.75, 3.05) is 11.9 Å². The van der Waals surface area contributed by atoms with E-state index in [2.05, 4.69) is 22.3 Å². The second-order valence-electron chi connectivity index (χ2n) is 3.71. The highest BCUT2D eigenvalue weighted by Gasteiger charge is 2.06. The SMILES string of the molecule is CCC(CCO)Nc1ccn2nccc2n1. The van der Waals surface area contributed by atoms with E-state index in [1.807, 2.05) is 18.3 Å². The summed E-state index contributed by atoms with van der Waals surface area (Å²) < 4.78 is 1.72. The van der Waals surface area contributed by atoms with Gasteiger partial charge in [-0.25, -0.2) is 9.50 Å². The van der Waals surface area contributed by atoms with Crippen LogP contribution in [0.15, 0.2) is 24.5 Å². The Morgan fingerprint density at radius 1 is 1.50 bits per heavy atom. The third kappa shape index (κ3) is 2.30. The van der Waals surface area contributed by atoms with E-state index in [9.17, 15) is 0 Å². The third-order valence-electron chi connectivity index (χ3n) is 2.58. The van der Waals surface area contributed by atoms with E-state index in [-0.39, 0.29) is 12.6 Å². The fourth-order valence-corrected chi connectivity index (χ4v) is 1.64. The molecule has 0 bridgehead atoms. The molecule has 0 spiro atoms.